The van der Waals surface area contributed by atoms with Crippen molar-refractivity contribution in [3.8, 4) is 5.75 Å². The topological polar surface area (TPSA) is 40.3 Å². The minimum absolute atomic E-state index is 0.0903. The first kappa shape index (κ1) is 6.95. The Kier molecular flexibility index (Phi) is 1.82. The molecule has 0 aliphatic carbocycles. The summed E-state index contributed by atoms with van der Waals surface area (Å²) in [7, 11) is 0. The van der Waals surface area contributed by atoms with E-state index < -0.39 is 0 Å². The molecule has 0 radical (unpaired) electrons. The molecule has 0 saturated carbocycles. The Morgan fingerprint density at radius 2 is 2.00 bits per heavy atom. The number of phenolic OH excluding ortho intramolecular Hbond substituents is 1. The number of aromatic hydroxyl groups is 1. The normalized spacial score (nSPS) is 9.20. The second-order valence-electron chi connectivity index (χ2n) is 1.75. The van der Waals surface area contributed by atoms with Crippen molar-refractivity contribution in [1.82, 2.24) is 0 Å². The van der Waals surface area contributed by atoms with Gasteiger partial charge in [-0.3, -0.25) is 0 Å². The van der Waals surface area contributed by atoms with E-state index in [1.165, 1.54) is 12.1 Å². The van der Waals surface area contributed by atoms with Gasteiger partial charge < -0.3 is 17.9 Å². The van der Waals surface area contributed by atoms with Gasteiger partial charge in [-0.1, -0.05) is 16.3 Å². The lowest BCUT2D eigenvalue weighted by Gasteiger charge is -1.94. The van der Waals surface area contributed by atoms with E-state index in [2.05, 4.69) is 12.8 Å². The van der Waals surface area contributed by atoms with Gasteiger partial charge in [0, 0.05) is 11.0 Å². The zero-order chi connectivity index (χ0) is 7.56. The number of rotatable bonds is 1. The lowest BCUT2D eigenvalue weighted by Crippen LogP contribution is -1.86. The Morgan fingerprint density at radius 3 is 2.40 bits per heavy atom. The van der Waals surface area contributed by atoms with Crippen LogP contribution >= 0.6 is 0 Å². The maximum Gasteiger partial charge on any atom is 0.279 e. The van der Waals surface area contributed by atoms with Crippen molar-refractivity contribution in [2.75, 3.05) is 0 Å². The molecule has 52 valence electrons. The second-order valence-corrected chi connectivity index (χ2v) is 2.08. The van der Waals surface area contributed by atoms with Crippen LogP contribution in [0.15, 0.2) is 24.3 Å². The third-order valence-corrected chi connectivity index (χ3v) is 1.28. The number of hydrogen-bond donors (Lipinski definition) is 1. The second kappa shape index (κ2) is 2.62. The fourth-order valence-electron chi connectivity index (χ4n) is 0.619. The molecule has 1 N–H and O–H groups in total. The van der Waals surface area contributed by atoms with E-state index in [1.807, 2.05) is 0 Å². The minimum atomic E-state index is -0.0903. The Labute approximate surface area is 63.4 Å². The molecule has 1 aromatic carbocycles. The van der Waals surface area contributed by atoms with Crippen molar-refractivity contribution in [2.45, 2.75) is 0 Å². The number of para-hydroxylation sites is 2. The fourth-order valence-corrected chi connectivity index (χ4v) is 0.773. The van der Waals surface area contributed by atoms with Gasteiger partial charge in [-0.15, -0.1) is 0 Å². The summed E-state index contributed by atoms with van der Waals surface area (Å²) in [5.74, 6) is -0.0903. The third kappa shape index (κ3) is 1.22. The monoisotopic (exact) mass is 155 g/mol. The SMILES string of the molecule is O=[N+]([S-])c1ccccc1O. The van der Waals surface area contributed by atoms with Crippen LogP contribution in [0.5, 0.6) is 5.75 Å². The van der Waals surface area contributed by atoms with Crippen molar-refractivity contribution in [3.63, 3.8) is 0 Å². The highest BCUT2D eigenvalue weighted by Crippen LogP contribution is 2.23. The number of nitroso groups, excluding NO2 is 1. The Bertz CT molecular complexity index is 262. The first-order valence-corrected chi connectivity index (χ1v) is 3.00. The van der Waals surface area contributed by atoms with Gasteiger partial charge in [-0.2, -0.15) is 0 Å². The van der Waals surface area contributed by atoms with E-state index >= 15 is 0 Å². The summed E-state index contributed by atoms with van der Waals surface area (Å²) in [5.41, 5.74) is 0.109. The highest BCUT2D eigenvalue weighted by Gasteiger charge is 2.06. The van der Waals surface area contributed by atoms with Gasteiger partial charge in [0.05, 0.1) is 0 Å². The van der Waals surface area contributed by atoms with E-state index in [1.54, 1.807) is 12.1 Å². The average Bonchev–Trinajstić information content (AvgIpc) is 1.88. The van der Waals surface area contributed by atoms with Gasteiger partial charge in [0.15, 0.2) is 5.75 Å². The zero-order valence-corrected chi connectivity index (χ0v) is 5.84. The molecule has 0 aliphatic rings. The van der Waals surface area contributed by atoms with Gasteiger partial charge >= 0.3 is 0 Å². The lowest BCUT2D eigenvalue weighted by molar-refractivity contribution is -0.264. The van der Waals surface area contributed by atoms with Crippen LogP contribution in [0, 0.1) is 4.91 Å². The van der Waals surface area contributed by atoms with E-state index in [-0.39, 0.29) is 15.6 Å². The summed E-state index contributed by atoms with van der Waals surface area (Å²) < 4.78 is 0.204. The maximum atomic E-state index is 10.4. The summed E-state index contributed by atoms with van der Waals surface area (Å²) >= 11 is 4.25. The van der Waals surface area contributed by atoms with Crippen molar-refractivity contribution < 1.29 is 9.27 Å². The molecule has 1 rings (SSSR count). The first-order chi connectivity index (χ1) is 4.72. The fraction of sp³-hybridized carbons (Fsp3) is 0. The van der Waals surface area contributed by atoms with Crippen molar-refractivity contribution in [3.05, 3.63) is 29.2 Å². The van der Waals surface area contributed by atoms with Crippen molar-refractivity contribution >= 4 is 18.5 Å². The summed E-state index contributed by atoms with van der Waals surface area (Å²) in [5, 5.41) is 8.97. The van der Waals surface area contributed by atoms with Gasteiger partial charge in [0.1, 0.15) is 0 Å². The molecule has 0 bridgehead atoms. The summed E-state index contributed by atoms with van der Waals surface area (Å²) in [6, 6.07) is 6.12. The number of benzene rings is 1. The highest BCUT2D eigenvalue weighted by atomic mass is 32.1. The highest BCUT2D eigenvalue weighted by molar-refractivity contribution is 7.51. The average molecular weight is 155 g/mol. The van der Waals surface area contributed by atoms with E-state index in [9.17, 15) is 4.91 Å². The number of phenols is 1. The molecule has 0 saturated heterocycles. The van der Waals surface area contributed by atoms with Crippen LogP contribution in [0.4, 0.5) is 5.69 Å². The lowest BCUT2D eigenvalue weighted by atomic mass is 10.3. The largest absolute Gasteiger partial charge is 0.502 e. The number of nitrogens with zero attached hydrogens (tertiary/aromatic N) is 1. The molecule has 0 atom stereocenters. The predicted octanol–water partition coefficient (Wildman–Crippen LogP) is 1.26. The van der Waals surface area contributed by atoms with E-state index in [0.717, 1.165) is 0 Å². The first-order valence-electron chi connectivity index (χ1n) is 2.64. The van der Waals surface area contributed by atoms with Crippen LogP contribution in [0.25, 0.3) is 0 Å². The van der Waals surface area contributed by atoms with Crippen LogP contribution in [-0.2, 0) is 12.8 Å². The Hall–Kier alpha value is -1.16. The molecular formula is C6H5NO2S. The standard InChI is InChI=1S/C6H5NO2S/c8-6-4-2-1-3-5(6)7(9)10/h1-4,8H. The summed E-state index contributed by atoms with van der Waals surface area (Å²) in [4.78, 5) is 10.4. The Morgan fingerprint density at radius 1 is 1.40 bits per heavy atom. The van der Waals surface area contributed by atoms with Crippen LogP contribution in [0.3, 0.4) is 0 Å². The number of hydrogen-bond acceptors (Lipinski definition) is 3. The molecule has 1 aromatic rings. The molecule has 0 fully saturated rings. The van der Waals surface area contributed by atoms with Gasteiger partial charge in [0.2, 0.25) is 0 Å². The molecule has 0 unspecified atom stereocenters. The molecule has 0 aromatic heterocycles. The van der Waals surface area contributed by atoms with Crippen LogP contribution in [0.1, 0.15) is 0 Å². The molecule has 3 nitrogen and oxygen atoms in total. The molecule has 10 heavy (non-hydrogen) atoms. The smallest absolute Gasteiger partial charge is 0.279 e. The van der Waals surface area contributed by atoms with E-state index in [4.69, 9.17) is 5.11 Å². The van der Waals surface area contributed by atoms with Gasteiger partial charge in [0.25, 0.3) is 5.69 Å². The van der Waals surface area contributed by atoms with Crippen molar-refractivity contribution in [2.24, 2.45) is 0 Å². The van der Waals surface area contributed by atoms with Crippen LogP contribution in [0.2, 0.25) is 0 Å². The Balaban J connectivity index is 3.15. The molecular weight excluding hydrogens is 150 g/mol. The summed E-state index contributed by atoms with van der Waals surface area (Å²) in [6.45, 7) is 0. The maximum absolute atomic E-state index is 10.4. The zero-order valence-electron chi connectivity index (χ0n) is 5.02. The predicted molar refractivity (Wildman–Crippen MR) is 38.8 cm³/mol. The molecule has 0 aliphatic heterocycles. The van der Waals surface area contributed by atoms with Crippen LogP contribution in [-0.4, -0.2) is 9.27 Å². The van der Waals surface area contributed by atoms with Crippen molar-refractivity contribution in [1.29, 1.82) is 0 Å². The molecule has 0 amide bonds. The molecule has 4 heteroatoms. The minimum Gasteiger partial charge on any atom is -0.502 e. The van der Waals surface area contributed by atoms with Gasteiger partial charge in [-0.25, -0.2) is 0 Å². The summed E-state index contributed by atoms with van der Waals surface area (Å²) in [6.07, 6.45) is 0. The van der Waals surface area contributed by atoms with E-state index in [0.29, 0.717) is 0 Å². The van der Waals surface area contributed by atoms with Crippen LogP contribution < -0.4 is 0 Å². The van der Waals surface area contributed by atoms with Gasteiger partial charge in [-0.05, 0) is 6.07 Å². The molecule has 0 spiro atoms. The third-order valence-electron chi connectivity index (χ3n) is 1.08. The molecule has 0 heterocycles. The quantitative estimate of drug-likeness (QED) is 0.490.